The summed E-state index contributed by atoms with van der Waals surface area (Å²) >= 11 is 6.06. The highest BCUT2D eigenvalue weighted by Crippen LogP contribution is 2.11. The van der Waals surface area contributed by atoms with Gasteiger partial charge in [0.15, 0.2) is 0 Å². The van der Waals surface area contributed by atoms with E-state index in [0.717, 1.165) is 30.7 Å². The first kappa shape index (κ1) is 15.7. The van der Waals surface area contributed by atoms with Gasteiger partial charge in [0, 0.05) is 11.9 Å². The summed E-state index contributed by atoms with van der Waals surface area (Å²) in [5, 5.41) is 11.7. The first-order valence-corrected chi connectivity index (χ1v) is 7.89. The molecule has 21 heavy (non-hydrogen) atoms. The van der Waals surface area contributed by atoms with Gasteiger partial charge in [-0.25, -0.2) is 4.98 Å². The van der Waals surface area contributed by atoms with Gasteiger partial charge in [-0.2, -0.15) is 5.10 Å². The Morgan fingerprint density at radius 2 is 1.76 bits per heavy atom. The molecule has 1 aromatic carbocycles. The molecule has 0 saturated carbocycles. The summed E-state index contributed by atoms with van der Waals surface area (Å²) in [6, 6.07) is 10.4. The van der Waals surface area contributed by atoms with Crippen LogP contribution in [-0.4, -0.2) is 27.1 Å². The quantitative estimate of drug-likeness (QED) is 0.798. The van der Waals surface area contributed by atoms with Crippen molar-refractivity contribution in [3.8, 4) is 0 Å². The van der Waals surface area contributed by atoms with E-state index >= 15 is 0 Å². The summed E-state index contributed by atoms with van der Waals surface area (Å²) < 4.78 is 0. The van der Waals surface area contributed by atoms with E-state index in [9.17, 15) is 0 Å². The Hall–Kier alpha value is -1.68. The Morgan fingerprint density at radius 1 is 1.05 bits per heavy atom. The van der Waals surface area contributed by atoms with Gasteiger partial charge in [-0.05, 0) is 24.8 Å². The lowest BCUT2D eigenvalue weighted by Gasteiger charge is -2.16. The number of anilines is 1. The number of halogens is 1. The third kappa shape index (κ3) is 4.39. The first-order valence-electron chi connectivity index (χ1n) is 7.35. The lowest BCUT2D eigenvalue weighted by atomic mass is 10.1. The second kappa shape index (κ2) is 7.93. The molecule has 5 heteroatoms. The summed E-state index contributed by atoms with van der Waals surface area (Å²) in [5.41, 5.74) is 3.21. The largest absolute Gasteiger partial charge is 0.349 e. The number of aromatic nitrogens is 3. The standard InChI is InChI=1S/C16H21ClN4/c1-3-14-15(4-2)20-21-16(19-14)18-13(11-17)10-12-8-6-5-7-9-12/h5-9,13H,3-4,10-11H2,1-2H3,(H,18,19,21). The molecule has 0 bridgehead atoms. The Morgan fingerprint density at radius 3 is 2.38 bits per heavy atom. The molecule has 1 atom stereocenters. The van der Waals surface area contributed by atoms with E-state index in [1.54, 1.807) is 0 Å². The first-order chi connectivity index (χ1) is 10.3. The number of rotatable bonds is 7. The van der Waals surface area contributed by atoms with Crippen molar-refractivity contribution >= 4 is 17.5 Å². The SMILES string of the molecule is CCc1nnc(NC(CCl)Cc2ccccc2)nc1CC. The number of nitrogens with one attached hydrogen (secondary N) is 1. The van der Waals surface area contributed by atoms with Gasteiger partial charge in [-0.1, -0.05) is 44.2 Å². The molecule has 1 aromatic heterocycles. The zero-order valence-corrected chi connectivity index (χ0v) is 13.3. The number of benzene rings is 1. The van der Waals surface area contributed by atoms with Crippen molar-refractivity contribution in [1.29, 1.82) is 0 Å². The maximum atomic E-state index is 6.06. The molecule has 0 fully saturated rings. The van der Waals surface area contributed by atoms with E-state index in [1.807, 2.05) is 18.2 Å². The van der Waals surface area contributed by atoms with Gasteiger partial charge >= 0.3 is 0 Å². The van der Waals surface area contributed by atoms with Gasteiger partial charge in [0.25, 0.3) is 0 Å². The topological polar surface area (TPSA) is 50.7 Å². The molecule has 112 valence electrons. The van der Waals surface area contributed by atoms with E-state index in [1.165, 1.54) is 5.56 Å². The molecule has 0 amide bonds. The average molecular weight is 305 g/mol. The van der Waals surface area contributed by atoms with Crippen molar-refractivity contribution in [2.45, 2.75) is 39.2 Å². The molecule has 0 aliphatic rings. The van der Waals surface area contributed by atoms with Gasteiger partial charge in [-0.15, -0.1) is 16.7 Å². The zero-order chi connectivity index (χ0) is 15.1. The molecular formula is C16H21ClN4. The third-order valence-corrected chi connectivity index (χ3v) is 3.73. The van der Waals surface area contributed by atoms with Gasteiger partial charge in [0.05, 0.1) is 11.4 Å². The minimum atomic E-state index is 0.0908. The van der Waals surface area contributed by atoms with Crippen LogP contribution in [0.2, 0.25) is 0 Å². The molecule has 2 rings (SSSR count). The Bertz CT molecular complexity index is 559. The number of hydrogen-bond donors (Lipinski definition) is 1. The summed E-state index contributed by atoms with van der Waals surface area (Å²) in [4.78, 5) is 4.55. The predicted octanol–water partition coefficient (Wildman–Crippen LogP) is 3.26. The van der Waals surface area contributed by atoms with Crippen LogP contribution < -0.4 is 5.32 Å². The highest BCUT2D eigenvalue weighted by Gasteiger charge is 2.12. The molecule has 0 spiro atoms. The minimum Gasteiger partial charge on any atom is -0.349 e. The van der Waals surface area contributed by atoms with Gasteiger partial charge < -0.3 is 5.32 Å². The molecule has 0 aliphatic heterocycles. The molecule has 1 unspecified atom stereocenters. The minimum absolute atomic E-state index is 0.0908. The van der Waals surface area contributed by atoms with Crippen LogP contribution in [0, 0.1) is 0 Å². The van der Waals surface area contributed by atoms with Crippen LogP contribution in [0.15, 0.2) is 30.3 Å². The van der Waals surface area contributed by atoms with Crippen LogP contribution in [0.5, 0.6) is 0 Å². The van der Waals surface area contributed by atoms with E-state index in [0.29, 0.717) is 11.8 Å². The Kier molecular flexibility index (Phi) is 5.93. The maximum absolute atomic E-state index is 6.06. The van der Waals surface area contributed by atoms with Gasteiger partial charge in [0.1, 0.15) is 0 Å². The Balaban J connectivity index is 2.08. The van der Waals surface area contributed by atoms with Crippen molar-refractivity contribution < 1.29 is 0 Å². The fourth-order valence-corrected chi connectivity index (χ4v) is 2.41. The molecule has 1 heterocycles. The van der Waals surface area contributed by atoms with Crippen LogP contribution in [0.25, 0.3) is 0 Å². The van der Waals surface area contributed by atoms with Crippen LogP contribution >= 0.6 is 11.6 Å². The molecular weight excluding hydrogens is 284 g/mol. The molecule has 2 aromatic rings. The second-order valence-corrected chi connectivity index (χ2v) is 5.23. The molecule has 1 N–H and O–H groups in total. The second-order valence-electron chi connectivity index (χ2n) is 4.92. The van der Waals surface area contributed by atoms with Crippen molar-refractivity contribution in [3.63, 3.8) is 0 Å². The average Bonchev–Trinajstić information content (AvgIpc) is 2.55. The summed E-state index contributed by atoms with van der Waals surface area (Å²) in [5.74, 6) is 1.06. The van der Waals surface area contributed by atoms with Crippen LogP contribution in [0.3, 0.4) is 0 Å². The van der Waals surface area contributed by atoms with Crippen LogP contribution in [0.1, 0.15) is 30.8 Å². The molecule has 0 radical (unpaired) electrons. The fourth-order valence-electron chi connectivity index (χ4n) is 2.22. The van der Waals surface area contributed by atoms with Gasteiger partial charge in [-0.3, -0.25) is 0 Å². The van der Waals surface area contributed by atoms with Crippen molar-refractivity contribution in [2.24, 2.45) is 0 Å². The van der Waals surface area contributed by atoms with E-state index in [-0.39, 0.29) is 6.04 Å². The molecule has 4 nitrogen and oxygen atoms in total. The summed E-state index contributed by atoms with van der Waals surface area (Å²) in [6.45, 7) is 4.14. The number of hydrogen-bond acceptors (Lipinski definition) is 4. The van der Waals surface area contributed by atoms with Crippen LogP contribution in [0.4, 0.5) is 5.95 Å². The van der Waals surface area contributed by atoms with E-state index in [4.69, 9.17) is 11.6 Å². The monoisotopic (exact) mass is 304 g/mol. The van der Waals surface area contributed by atoms with Crippen molar-refractivity contribution in [3.05, 3.63) is 47.3 Å². The number of alkyl halides is 1. The third-order valence-electron chi connectivity index (χ3n) is 3.35. The summed E-state index contributed by atoms with van der Waals surface area (Å²) in [7, 11) is 0. The lowest BCUT2D eigenvalue weighted by Crippen LogP contribution is -2.26. The lowest BCUT2D eigenvalue weighted by molar-refractivity contribution is 0.755. The van der Waals surface area contributed by atoms with Crippen molar-refractivity contribution in [2.75, 3.05) is 11.2 Å². The summed E-state index contributed by atoms with van der Waals surface area (Å²) in [6.07, 6.45) is 2.55. The smallest absolute Gasteiger partial charge is 0.243 e. The maximum Gasteiger partial charge on any atom is 0.243 e. The van der Waals surface area contributed by atoms with Crippen LogP contribution in [-0.2, 0) is 19.3 Å². The van der Waals surface area contributed by atoms with Gasteiger partial charge in [0.2, 0.25) is 5.95 Å². The highest BCUT2D eigenvalue weighted by molar-refractivity contribution is 6.18. The Labute approximate surface area is 131 Å². The highest BCUT2D eigenvalue weighted by atomic mass is 35.5. The van der Waals surface area contributed by atoms with Crippen molar-refractivity contribution in [1.82, 2.24) is 15.2 Å². The fraction of sp³-hybridized carbons (Fsp3) is 0.438. The van der Waals surface area contributed by atoms with E-state index < -0.39 is 0 Å². The van der Waals surface area contributed by atoms with E-state index in [2.05, 4.69) is 46.5 Å². The predicted molar refractivity (Wildman–Crippen MR) is 86.9 cm³/mol. The molecule has 0 saturated heterocycles. The number of aryl methyl sites for hydroxylation is 2. The normalized spacial score (nSPS) is 12.1. The zero-order valence-electron chi connectivity index (χ0n) is 12.5. The molecule has 0 aliphatic carbocycles. The number of nitrogens with zero attached hydrogens (tertiary/aromatic N) is 3.